The van der Waals surface area contributed by atoms with E-state index in [9.17, 15) is 9.59 Å². The van der Waals surface area contributed by atoms with Gasteiger partial charge in [-0.3, -0.25) is 9.59 Å². The molecule has 27 heavy (non-hydrogen) atoms. The van der Waals surface area contributed by atoms with Crippen molar-refractivity contribution < 1.29 is 19.3 Å². The highest BCUT2D eigenvalue weighted by Crippen LogP contribution is 2.08. The van der Waals surface area contributed by atoms with Crippen LogP contribution in [0.3, 0.4) is 0 Å². The van der Waals surface area contributed by atoms with Gasteiger partial charge >= 0.3 is 0 Å². The average Bonchev–Trinajstić information content (AvgIpc) is 2.67. The minimum atomic E-state index is -0.346. The molecule has 0 heterocycles. The third-order valence-electron chi connectivity index (χ3n) is 3.38. The highest BCUT2D eigenvalue weighted by Gasteiger charge is 2.18. The lowest BCUT2D eigenvalue weighted by molar-refractivity contribution is -0.0291. The van der Waals surface area contributed by atoms with E-state index in [1.807, 2.05) is 12.1 Å². The zero-order valence-electron chi connectivity index (χ0n) is 14.8. The molecule has 0 bridgehead atoms. The number of hydroxylamine groups is 4. The van der Waals surface area contributed by atoms with Gasteiger partial charge in [0.2, 0.25) is 10.1 Å². The summed E-state index contributed by atoms with van der Waals surface area (Å²) >= 11 is 10.2. The van der Waals surface area contributed by atoms with Crippen LogP contribution in [0.1, 0.15) is 27.1 Å². The Kier molecular flexibility index (Phi) is 7.39. The van der Waals surface area contributed by atoms with Gasteiger partial charge in [0.25, 0.3) is 11.8 Å². The summed E-state index contributed by atoms with van der Waals surface area (Å²) in [4.78, 5) is 35.0. The molecule has 0 N–H and O–H groups in total. The number of amides is 2. The molecule has 0 aliphatic heterocycles. The molecule has 2 amide bonds. The first-order valence-electron chi connectivity index (χ1n) is 7.96. The van der Waals surface area contributed by atoms with E-state index in [1.54, 1.807) is 48.5 Å². The smallest absolute Gasteiger partial charge is 0.286 e. The van der Waals surface area contributed by atoms with Gasteiger partial charge in [0.1, 0.15) is 0 Å². The second kappa shape index (κ2) is 9.75. The van der Waals surface area contributed by atoms with E-state index in [2.05, 4.69) is 0 Å². The highest BCUT2D eigenvalue weighted by molar-refractivity contribution is 7.81. The lowest BCUT2D eigenvalue weighted by Crippen LogP contribution is -2.32. The van der Waals surface area contributed by atoms with Crippen molar-refractivity contribution in [2.75, 3.05) is 14.1 Å². The molecule has 2 rings (SSSR count). The maximum Gasteiger partial charge on any atom is 0.286 e. The summed E-state index contributed by atoms with van der Waals surface area (Å²) in [7, 11) is 2.91. The number of carbonyl (C=O) groups is 2. The van der Waals surface area contributed by atoms with Crippen molar-refractivity contribution in [1.82, 2.24) is 10.1 Å². The second-order valence-electron chi connectivity index (χ2n) is 5.44. The highest BCUT2D eigenvalue weighted by atomic mass is 32.1. The SMILES string of the molecule is CN(OC(=S)CC(=S)ON(C)C(=O)c1ccccc1)C(=O)c1ccccc1. The van der Waals surface area contributed by atoms with E-state index in [-0.39, 0.29) is 28.3 Å². The number of carbonyl (C=O) groups excluding carboxylic acids is 2. The van der Waals surface area contributed by atoms with E-state index in [4.69, 9.17) is 34.1 Å². The van der Waals surface area contributed by atoms with Crippen LogP contribution in [0.15, 0.2) is 60.7 Å². The molecule has 6 nitrogen and oxygen atoms in total. The molecule has 140 valence electrons. The molecule has 0 aromatic heterocycles. The fraction of sp³-hybridized carbons (Fsp3) is 0.158. The van der Waals surface area contributed by atoms with Crippen molar-refractivity contribution in [3.8, 4) is 0 Å². The molecule has 0 fully saturated rings. The van der Waals surface area contributed by atoms with Gasteiger partial charge in [-0.15, -0.1) is 0 Å². The number of hydrogen-bond acceptors (Lipinski definition) is 6. The fourth-order valence-electron chi connectivity index (χ4n) is 2.10. The Hall–Kier alpha value is -2.84. The fourth-order valence-corrected chi connectivity index (χ4v) is 2.67. The van der Waals surface area contributed by atoms with Crippen LogP contribution in [-0.2, 0) is 9.68 Å². The van der Waals surface area contributed by atoms with E-state index < -0.39 is 0 Å². The maximum atomic E-state index is 12.2. The van der Waals surface area contributed by atoms with Crippen molar-refractivity contribution in [2.45, 2.75) is 6.42 Å². The molecule has 0 aliphatic rings. The predicted molar refractivity (Wildman–Crippen MR) is 109 cm³/mol. The van der Waals surface area contributed by atoms with Gasteiger partial charge in [-0.05, 0) is 48.7 Å². The van der Waals surface area contributed by atoms with Gasteiger partial charge in [-0.2, -0.15) is 10.1 Å². The van der Waals surface area contributed by atoms with Crippen molar-refractivity contribution in [1.29, 1.82) is 0 Å². The van der Waals surface area contributed by atoms with Gasteiger partial charge in [0.05, 0.1) is 6.42 Å². The Balaban J connectivity index is 1.83. The summed E-state index contributed by atoms with van der Waals surface area (Å²) in [5.74, 6) is -0.692. The molecule has 0 atom stereocenters. The molecular formula is C19H18N2O4S2. The van der Waals surface area contributed by atoms with E-state index in [0.717, 1.165) is 10.1 Å². The van der Waals surface area contributed by atoms with Gasteiger partial charge in [-0.1, -0.05) is 36.4 Å². The zero-order chi connectivity index (χ0) is 19.8. The van der Waals surface area contributed by atoms with Gasteiger partial charge < -0.3 is 9.68 Å². The Bertz CT molecular complexity index is 759. The molecule has 0 unspecified atom stereocenters. The lowest BCUT2D eigenvalue weighted by Gasteiger charge is -2.20. The van der Waals surface area contributed by atoms with Gasteiger partial charge in [0, 0.05) is 25.2 Å². The van der Waals surface area contributed by atoms with Crippen LogP contribution < -0.4 is 0 Å². The van der Waals surface area contributed by atoms with Crippen molar-refractivity contribution in [2.24, 2.45) is 0 Å². The first kappa shape index (κ1) is 20.5. The molecule has 2 aromatic rings. The maximum absolute atomic E-state index is 12.2. The third-order valence-corrected chi connectivity index (χ3v) is 3.82. The Morgan fingerprint density at radius 1 is 0.741 bits per heavy atom. The topological polar surface area (TPSA) is 59.1 Å². The largest absolute Gasteiger partial charge is 0.369 e. The molecule has 2 aromatic carbocycles. The summed E-state index contributed by atoms with van der Waals surface area (Å²) in [5.41, 5.74) is 0.935. The summed E-state index contributed by atoms with van der Waals surface area (Å²) in [6, 6.07) is 17.3. The Labute approximate surface area is 168 Å². The molecule has 0 aliphatic carbocycles. The standard InChI is InChI=1S/C19H18N2O4S2/c1-20(18(22)14-9-5-3-6-10-14)24-16(26)13-17(27)25-21(2)19(23)15-11-7-4-8-12-15/h3-12H,13H2,1-2H3. The summed E-state index contributed by atoms with van der Waals surface area (Å²) in [6.45, 7) is 0. The van der Waals surface area contributed by atoms with Crippen molar-refractivity contribution in [3.05, 3.63) is 71.8 Å². The number of benzene rings is 2. The van der Waals surface area contributed by atoms with Crippen LogP contribution >= 0.6 is 24.4 Å². The van der Waals surface area contributed by atoms with Crippen molar-refractivity contribution in [3.63, 3.8) is 0 Å². The summed E-state index contributed by atoms with van der Waals surface area (Å²) in [5, 5.41) is 2.15. The van der Waals surface area contributed by atoms with E-state index in [1.165, 1.54) is 14.1 Å². The van der Waals surface area contributed by atoms with Crippen LogP contribution in [0.25, 0.3) is 0 Å². The lowest BCUT2D eigenvalue weighted by atomic mass is 10.2. The normalized spacial score (nSPS) is 9.85. The summed E-state index contributed by atoms with van der Waals surface area (Å²) < 4.78 is 0. The molecule has 0 saturated heterocycles. The molecular weight excluding hydrogens is 384 g/mol. The monoisotopic (exact) mass is 402 g/mol. The predicted octanol–water partition coefficient (Wildman–Crippen LogP) is 3.44. The molecule has 0 spiro atoms. The molecule has 8 heteroatoms. The molecule has 0 radical (unpaired) electrons. The number of nitrogens with zero attached hydrogens (tertiary/aromatic N) is 2. The first-order valence-corrected chi connectivity index (χ1v) is 8.78. The minimum Gasteiger partial charge on any atom is -0.369 e. The zero-order valence-corrected chi connectivity index (χ0v) is 16.5. The molecule has 0 saturated carbocycles. The van der Waals surface area contributed by atoms with Crippen LogP contribution in [0.2, 0.25) is 0 Å². The second-order valence-corrected chi connectivity index (χ2v) is 6.35. The van der Waals surface area contributed by atoms with E-state index in [0.29, 0.717) is 11.1 Å². The summed E-state index contributed by atoms with van der Waals surface area (Å²) in [6.07, 6.45) is -0.0243. The first-order chi connectivity index (χ1) is 12.9. The number of rotatable bonds is 4. The average molecular weight is 402 g/mol. The van der Waals surface area contributed by atoms with Crippen molar-refractivity contribution >= 4 is 46.4 Å². The Morgan fingerprint density at radius 2 is 1.07 bits per heavy atom. The third kappa shape index (κ3) is 6.12. The van der Waals surface area contributed by atoms with Gasteiger partial charge in [0.15, 0.2) is 0 Å². The van der Waals surface area contributed by atoms with Crippen LogP contribution in [-0.4, -0.2) is 46.1 Å². The van der Waals surface area contributed by atoms with Crippen LogP contribution in [0.4, 0.5) is 0 Å². The van der Waals surface area contributed by atoms with Crippen LogP contribution in [0, 0.1) is 0 Å². The van der Waals surface area contributed by atoms with Crippen LogP contribution in [0.5, 0.6) is 0 Å². The number of hydrogen-bond donors (Lipinski definition) is 0. The quantitative estimate of drug-likeness (QED) is 0.577. The van der Waals surface area contributed by atoms with Gasteiger partial charge in [-0.25, -0.2) is 0 Å². The van der Waals surface area contributed by atoms with E-state index >= 15 is 0 Å². The Morgan fingerprint density at radius 3 is 1.41 bits per heavy atom. The minimum absolute atomic E-state index is 0.0243. The number of thiocarbonyl (C=S) groups is 2.